The zero-order valence-electron chi connectivity index (χ0n) is 17.0. The van der Waals surface area contributed by atoms with Crippen molar-refractivity contribution < 1.29 is 14.5 Å². The lowest BCUT2D eigenvalue weighted by Gasteiger charge is -2.35. The number of morpholine rings is 1. The van der Waals surface area contributed by atoms with Crippen LogP contribution in [0.2, 0.25) is 5.02 Å². The van der Waals surface area contributed by atoms with Crippen molar-refractivity contribution in [3.63, 3.8) is 0 Å². The third-order valence-corrected chi connectivity index (χ3v) is 5.37. The van der Waals surface area contributed by atoms with Gasteiger partial charge in [0.1, 0.15) is 0 Å². The highest BCUT2D eigenvalue weighted by atomic mass is 35.5. The molecule has 1 fully saturated rings. The number of nitro groups is 1. The number of hydrogen-bond acceptors (Lipinski definition) is 6. The Bertz CT molecular complexity index is 898. The summed E-state index contributed by atoms with van der Waals surface area (Å²) in [5.41, 5.74) is 1.81. The average molecular weight is 433 g/mol. The molecule has 8 nitrogen and oxygen atoms in total. The van der Waals surface area contributed by atoms with Gasteiger partial charge in [0.05, 0.1) is 29.7 Å². The molecule has 0 radical (unpaired) electrons. The van der Waals surface area contributed by atoms with Crippen molar-refractivity contribution in [3.8, 4) is 0 Å². The van der Waals surface area contributed by atoms with Gasteiger partial charge in [0.25, 0.3) is 11.6 Å². The molecule has 30 heavy (non-hydrogen) atoms. The Hall–Kier alpha value is -2.68. The highest BCUT2D eigenvalue weighted by Crippen LogP contribution is 2.26. The number of benzene rings is 2. The first-order chi connectivity index (χ1) is 14.4. The van der Waals surface area contributed by atoms with E-state index in [1.807, 2.05) is 24.3 Å². The molecule has 1 aliphatic heterocycles. The van der Waals surface area contributed by atoms with E-state index >= 15 is 0 Å². The first-order valence-electron chi connectivity index (χ1n) is 9.68. The molecule has 0 saturated carbocycles. The molecule has 1 saturated heterocycles. The molecule has 1 heterocycles. The molecular weight excluding hydrogens is 408 g/mol. The molecule has 3 rings (SSSR count). The summed E-state index contributed by atoms with van der Waals surface area (Å²) in [5.74, 6) is -0.352. The fraction of sp³-hybridized carbons (Fsp3) is 0.381. The van der Waals surface area contributed by atoms with Crippen LogP contribution in [0.4, 0.5) is 11.4 Å². The van der Waals surface area contributed by atoms with Crippen molar-refractivity contribution in [3.05, 3.63) is 68.7 Å². The van der Waals surface area contributed by atoms with Gasteiger partial charge in [-0.3, -0.25) is 19.8 Å². The Kier molecular flexibility index (Phi) is 7.25. The van der Waals surface area contributed by atoms with E-state index < -0.39 is 4.92 Å². The molecule has 0 bridgehead atoms. The Balaban J connectivity index is 1.82. The molecule has 0 aliphatic carbocycles. The Morgan fingerprint density at radius 2 is 1.90 bits per heavy atom. The number of ether oxygens (including phenoxy) is 1. The van der Waals surface area contributed by atoms with Gasteiger partial charge in [-0.2, -0.15) is 0 Å². The second-order valence-corrected chi connectivity index (χ2v) is 7.72. The molecule has 2 aromatic rings. The van der Waals surface area contributed by atoms with Crippen LogP contribution in [0, 0.1) is 10.1 Å². The number of amides is 1. The number of hydrogen-bond donors (Lipinski definition) is 1. The number of nitro benzene ring substituents is 1. The second-order valence-electron chi connectivity index (χ2n) is 7.28. The minimum absolute atomic E-state index is 0.0587. The van der Waals surface area contributed by atoms with Gasteiger partial charge in [-0.05, 0) is 23.8 Å². The average Bonchev–Trinajstić information content (AvgIpc) is 2.75. The number of halogens is 1. The summed E-state index contributed by atoms with van der Waals surface area (Å²) in [7, 11) is 3.59. The van der Waals surface area contributed by atoms with Gasteiger partial charge < -0.3 is 15.0 Å². The van der Waals surface area contributed by atoms with Crippen LogP contribution in [-0.2, 0) is 4.74 Å². The van der Waals surface area contributed by atoms with Crippen LogP contribution >= 0.6 is 11.6 Å². The molecule has 9 heteroatoms. The minimum atomic E-state index is -0.500. The van der Waals surface area contributed by atoms with E-state index in [-0.39, 0.29) is 23.2 Å². The fourth-order valence-corrected chi connectivity index (χ4v) is 3.65. The van der Waals surface area contributed by atoms with Crippen molar-refractivity contribution in [2.45, 2.75) is 6.04 Å². The van der Waals surface area contributed by atoms with E-state index in [0.717, 1.165) is 18.7 Å². The molecule has 0 aromatic heterocycles. The van der Waals surface area contributed by atoms with Crippen molar-refractivity contribution in [1.29, 1.82) is 0 Å². The van der Waals surface area contributed by atoms with Crippen LogP contribution in [0.3, 0.4) is 0 Å². The summed E-state index contributed by atoms with van der Waals surface area (Å²) in [4.78, 5) is 27.7. The molecular formula is C21H25ClN4O4. The van der Waals surface area contributed by atoms with E-state index in [0.29, 0.717) is 30.5 Å². The molecule has 1 unspecified atom stereocenters. The standard InChI is InChI=1S/C21H25ClN4O4/c1-24(2)19-8-7-17(26(28)29)13-18(19)21(27)23-14-20(25-9-11-30-12-10-25)15-3-5-16(22)6-4-15/h3-8,13,20H,9-12,14H2,1-2H3,(H,23,27). The summed E-state index contributed by atoms with van der Waals surface area (Å²) in [6, 6.07) is 11.8. The van der Waals surface area contributed by atoms with Gasteiger partial charge in [0.2, 0.25) is 0 Å². The Labute approximate surface area is 180 Å². The fourth-order valence-electron chi connectivity index (χ4n) is 3.53. The van der Waals surface area contributed by atoms with E-state index in [4.69, 9.17) is 16.3 Å². The molecule has 160 valence electrons. The summed E-state index contributed by atoms with van der Waals surface area (Å²) in [6.07, 6.45) is 0. The monoisotopic (exact) mass is 432 g/mol. The zero-order valence-corrected chi connectivity index (χ0v) is 17.8. The SMILES string of the molecule is CN(C)c1ccc([N+](=O)[O-])cc1C(=O)NCC(c1ccc(Cl)cc1)N1CCOCC1. The van der Waals surface area contributed by atoms with Gasteiger partial charge in [0.15, 0.2) is 0 Å². The van der Waals surface area contributed by atoms with E-state index in [1.54, 1.807) is 25.1 Å². The number of anilines is 1. The molecule has 2 aromatic carbocycles. The van der Waals surface area contributed by atoms with Crippen LogP contribution in [0.5, 0.6) is 0 Å². The number of carbonyl (C=O) groups excluding carboxylic acids is 1. The van der Waals surface area contributed by atoms with Crippen LogP contribution in [0.1, 0.15) is 22.0 Å². The third kappa shape index (κ3) is 5.27. The molecule has 1 atom stereocenters. The summed E-state index contributed by atoms with van der Waals surface area (Å²) < 4.78 is 5.46. The van der Waals surface area contributed by atoms with Crippen LogP contribution in [0.15, 0.2) is 42.5 Å². The predicted molar refractivity (Wildman–Crippen MR) is 116 cm³/mol. The Morgan fingerprint density at radius 1 is 1.23 bits per heavy atom. The normalized spacial score (nSPS) is 15.4. The first-order valence-corrected chi connectivity index (χ1v) is 10.1. The van der Waals surface area contributed by atoms with Gasteiger partial charge in [-0.1, -0.05) is 23.7 Å². The lowest BCUT2D eigenvalue weighted by atomic mass is 10.0. The van der Waals surface area contributed by atoms with Crippen molar-refractivity contribution in [2.24, 2.45) is 0 Å². The summed E-state index contributed by atoms with van der Waals surface area (Å²) in [5, 5.41) is 14.8. The number of rotatable bonds is 7. The van der Waals surface area contributed by atoms with Gasteiger partial charge in [-0.25, -0.2) is 0 Å². The Morgan fingerprint density at radius 3 is 2.50 bits per heavy atom. The van der Waals surface area contributed by atoms with Gasteiger partial charge >= 0.3 is 0 Å². The summed E-state index contributed by atoms with van der Waals surface area (Å²) in [6.45, 7) is 3.13. The van der Waals surface area contributed by atoms with E-state index in [2.05, 4.69) is 10.2 Å². The van der Waals surface area contributed by atoms with Gasteiger partial charge in [-0.15, -0.1) is 0 Å². The minimum Gasteiger partial charge on any atom is -0.379 e. The molecule has 1 aliphatic rings. The maximum absolute atomic E-state index is 13.0. The zero-order chi connectivity index (χ0) is 21.7. The third-order valence-electron chi connectivity index (χ3n) is 5.11. The maximum atomic E-state index is 13.0. The molecule has 1 N–H and O–H groups in total. The topological polar surface area (TPSA) is 87.9 Å². The highest BCUT2D eigenvalue weighted by molar-refractivity contribution is 6.30. The summed E-state index contributed by atoms with van der Waals surface area (Å²) >= 11 is 6.03. The number of non-ortho nitro benzene ring substituents is 1. The largest absolute Gasteiger partial charge is 0.379 e. The van der Waals surface area contributed by atoms with Gasteiger partial charge in [0, 0.05) is 56.6 Å². The van der Waals surface area contributed by atoms with Crippen molar-refractivity contribution in [1.82, 2.24) is 10.2 Å². The quantitative estimate of drug-likeness (QED) is 0.534. The smallest absolute Gasteiger partial charge is 0.270 e. The van der Waals surface area contributed by atoms with E-state index in [1.165, 1.54) is 12.1 Å². The van der Waals surface area contributed by atoms with Crippen molar-refractivity contribution in [2.75, 3.05) is 51.8 Å². The number of carbonyl (C=O) groups is 1. The van der Waals surface area contributed by atoms with Crippen molar-refractivity contribution >= 4 is 28.9 Å². The second kappa shape index (κ2) is 9.88. The van der Waals surface area contributed by atoms with Crippen LogP contribution in [-0.4, -0.2) is 62.7 Å². The predicted octanol–water partition coefficient (Wildman–Crippen LogP) is 3.12. The van der Waals surface area contributed by atoms with Crippen LogP contribution in [0.25, 0.3) is 0 Å². The highest BCUT2D eigenvalue weighted by Gasteiger charge is 2.25. The first kappa shape index (κ1) is 22.0. The lowest BCUT2D eigenvalue weighted by molar-refractivity contribution is -0.384. The number of nitrogens with one attached hydrogen (secondary N) is 1. The molecule has 1 amide bonds. The lowest BCUT2D eigenvalue weighted by Crippen LogP contribution is -2.44. The van der Waals surface area contributed by atoms with E-state index in [9.17, 15) is 14.9 Å². The van der Waals surface area contributed by atoms with Crippen LogP contribution < -0.4 is 10.2 Å². The molecule has 0 spiro atoms. The number of nitrogens with zero attached hydrogens (tertiary/aromatic N) is 3. The maximum Gasteiger partial charge on any atom is 0.270 e.